The minimum Gasteiger partial charge on any atom is -0.448 e. The Labute approximate surface area is 215 Å². The molecule has 5 rings (SSSR count). The second kappa shape index (κ2) is 9.74. The van der Waals surface area contributed by atoms with E-state index in [9.17, 15) is 15.3 Å². The summed E-state index contributed by atoms with van der Waals surface area (Å²) < 4.78 is 5.65. The maximum Gasteiger partial charge on any atom is 0.203 e. The highest BCUT2D eigenvalue weighted by molar-refractivity contribution is 5.38. The summed E-state index contributed by atoms with van der Waals surface area (Å²) in [5, 5.41) is 31.3. The van der Waals surface area contributed by atoms with Gasteiger partial charge in [0.15, 0.2) is 0 Å². The molecule has 0 bridgehead atoms. The molecule has 196 valence electrons. The number of fused-ring (bicyclic) bond motifs is 1. The van der Waals surface area contributed by atoms with Gasteiger partial charge in [-0.05, 0) is 92.6 Å². The Balaban J connectivity index is 1.29. The molecular formula is C31H43NO4. The fourth-order valence-corrected chi connectivity index (χ4v) is 7.56. The Morgan fingerprint density at radius 3 is 2.64 bits per heavy atom. The van der Waals surface area contributed by atoms with Crippen molar-refractivity contribution in [3.63, 3.8) is 0 Å². The van der Waals surface area contributed by atoms with E-state index in [4.69, 9.17) is 4.42 Å². The molecule has 5 nitrogen and oxygen atoms in total. The van der Waals surface area contributed by atoms with E-state index in [1.54, 1.807) is 6.26 Å². The van der Waals surface area contributed by atoms with E-state index in [1.165, 1.54) is 31.3 Å². The molecule has 1 heterocycles. The van der Waals surface area contributed by atoms with E-state index in [0.717, 1.165) is 36.1 Å². The van der Waals surface area contributed by atoms with Gasteiger partial charge in [-0.3, -0.25) is 0 Å². The number of rotatable bonds is 6. The number of oxazole rings is 1. The number of allylic oxidation sites excluding steroid dienone is 4. The van der Waals surface area contributed by atoms with Crippen LogP contribution in [0.15, 0.2) is 58.3 Å². The Bertz CT molecular complexity index is 1080. The van der Waals surface area contributed by atoms with Crippen LogP contribution >= 0.6 is 0 Å². The second-order valence-corrected chi connectivity index (χ2v) is 12.3. The summed E-state index contributed by atoms with van der Waals surface area (Å²) in [6, 6.07) is 0. The Morgan fingerprint density at radius 2 is 1.94 bits per heavy atom. The highest BCUT2D eigenvalue weighted by Crippen LogP contribution is 2.59. The van der Waals surface area contributed by atoms with E-state index < -0.39 is 18.3 Å². The molecule has 1 aromatic rings. The zero-order valence-corrected chi connectivity index (χ0v) is 22.1. The number of aryl methyl sites for hydroxylation is 1. The van der Waals surface area contributed by atoms with Crippen molar-refractivity contribution in [2.24, 2.45) is 23.2 Å². The topological polar surface area (TPSA) is 86.7 Å². The summed E-state index contributed by atoms with van der Waals surface area (Å²) in [5.74, 6) is 2.20. The normalized spacial score (nSPS) is 38.0. The Hall–Kier alpha value is -1.95. The van der Waals surface area contributed by atoms with Crippen LogP contribution in [-0.2, 0) is 5.41 Å². The largest absolute Gasteiger partial charge is 0.448 e. The maximum absolute atomic E-state index is 11.0. The molecule has 5 heteroatoms. The molecule has 0 unspecified atom stereocenters. The maximum atomic E-state index is 11.0. The van der Waals surface area contributed by atoms with Gasteiger partial charge in [0.05, 0.1) is 29.4 Å². The third-order valence-electron chi connectivity index (χ3n) is 9.93. The van der Waals surface area contributed by atoms with E-state index in [2.05, 4.69) is 43.6 Å². The number of hydrogen-bond acceptors (Lipinski definition) is 5. The fraction of sp³-hybridized carbons (Fsp3) is 0.645. The van der Waals surface area contributed by atoms with Crippen molar-refractivity contribution in [3.05, 3.63) is 65.5 Å². The first kappa shape index (κ1) is 25.7. The summed E-state index contributed by atoms with van der Waals surface area (Å²) >= 11 is 0. The average molecular weight is 494 g/mol. The summed E-state index contributed by atoms with van der Waals surface area (Å²) in [4.78, 5) is 4.50. The van der Waals surface area contributed by atoms with E-state index in [0.29, 0.717) is 36.5 Å². The second-order valence-electron chi connectivity index (χ2n) is 12.3. The number of aromatic nitrogens is 1. The van der Waals surface area contributed by atoms with Crippen LogP contribution < -0.4 is 0 Å². The van der Waals surface area contributed by atoms with Crippen LogP contribution in [0.2, 0.25) is 0 Å². The van der Waals surface area contributed by atoms with E-state index in [1.807, 2.05) is 13.0 Å². The molecule has 4 fully saturated rings. The van der Waals surface area contributed by atoms with Crippen LogP contribution in [0.3, 0.4) is 0 Å². The summed E-state index contributed by atoms with van der Waals surface area (Å²) in [6.07, 6.45) is 17.3. The smallest absolute Gasteiger partial charge is 0.203 e. The first-order valence-corrected chi connectivity index (χ1v) is 13.9. The predicted molar refractivity (Wildman–Crippen MR) is 141 cm³/mol. The van der Waals surface area contributed by atoms with Crippen LogP contribution in [0.5, 0.6) is 0 Å². The van der Waals surface area contributed by atoms with Gasteiger partial charge >= 0.3 is 0 Å². The van der Waals surface area contributed by atoms with Crippen molar-refractivity contribution in [2.45, 2.75) is 102 Å². The monoisotopic (exact) mass is 493 g/mol. The molecule has 3 N–H and O–H groups in total. The van der Waals surface area contributed by atoms with E-state index in [-0.39, 0.29) is 10.8 Å². The van der Waals surface area contributed by atoms with Crippen molar-refractivity contribution >= 4 is 0 Å². The molecule has 1 aromatic heterocycles. The molecule has 0 aliphatic heterocycles. The molecule has 0 aromatic carbocycles. The van der Waals surface area contributed by atoms with Crippen LogP contribution in [0.4, 0.5) is 0 Å². The lowest BCUT2D eigenvalue weighted by Crippen LogP contribution is -2.35. The van der Waals surface area contributed by atoms with Crippen molar-refractivity contribution in [3.8, 4) is 0 Å². The lowest BCUT2D eigenvalue weighted by Gasteiger charge is -2.44. The van der Waals surface area contributed by atoms with Crippen LogP contribution in [0.25, 0.3) is 0 Å². The SMILES string of the molecule is C=C1/C(=C\C=C2/CCC[C@]3(C)[C@@H]([C@H](C)/C=C/[C@H](O)C4(c5nc(C)co5)CC4)CC[C@@H]23)C[C@@H](O)C[C@@H]1O. The van der Waals surface area contributed by atoms with Gasteiger partial charge < -0.3 is 19.7 Å². The molecule has 36 heavy (non-hydrogen) atoms. The van der Waals surface area contributed by atoms with Gasteiger partial charge in [-0.15, -0.1) is 0 Å². The van der Waals surface area contributed by atoms with Crippen molar-refractivity contribution in [1.29, 1.82) is 0 Å². The average Bonchev–Trinajstić information content (AvgIpc) is 3.41. The van der Waals surface area contributed by atoms with E-state index >= 15 is 0 Å². The number of hydrogen-bond donors (Lipinski definition) is 3. The minimum absolute atomic E-state index is 0.247. The van der Waals surface area contributed by atoms with Crippen molar-refractivity contribution < 1.29 is 19.7 Å². The lowest BCUT2D eigenvalue weighted by molar-refractivity contribution is 0.0862. The Kier molecular flexibility index (Phi) is 6.95. The van der Waals surface area contributed by atoms with Gasteiger partial charge in [0.1, 0.15) is 6.26 Å². The third kappa shape index (κ3) is 4.59. The van der Waals surface area contributed by atoms with Gasteiger partial charge in [0.2, 0.25) is 5.89 Å². The summed E-state index contributed by atoms with van der Waals surface area (Å²) in [5.41, 5.74) is 4.01. The number of aliphatic hydroxyl groups excluding tert-OH is 3. The standard InChI is InChI=1S/C31H43NO4/c1-19(7-12-28(35)31(14-15-31)29-32-20(2)18-36-29)25-10-11-26-22(6-5-13-30(25,26)4)8-9-23-16-24(33)17-27(34)21(23)3/h7-9,12,18-19,24-28,33-35H,3,5-6,10-11,13-17H2,1-2,4H3/b12-7+,22-8+,23-9-/t19-,24-,25-,26+,27+,28+,30-/m1/s1. The molecular weight excluding hydrogens is 450 g/mol. The van der Waals surface area contributed by atoms with Crippen LogP contribution in [-0.4, -0.2) is 38.6 Å². The number of aliphatic hydroxyl groups is 3. The molecule has 4 saturated carbocycles. The zero-order valence-electron chi connectivity index (χ0n) is 22.1. The molecule has 4 aliphatic carbocycles. The van der Waals surface area contributed by atoms with Gasteiger partial charge in [0.25, 0.3) is 0 Å². The van der Waals surface area contributed by atoms with Crippen LogP contribution in [0, 0.1) is 30.1 Å². The third-order valence-corrected chi connectivity index (χ3v) is 9.93. The van der Waals surface area contributed by atoms with Gasteiger partial charge in [-0.25, -0.2) is 4.98 Å². The minimum atomic E-state index is -0.642. The highest BCUT2D eigenvalue weighted by Gasteiger charge is 2.54. The molecule has 7 atom stereocenters. The van der Waals surface area contributed by atoms with Gasteiger partial charge in [0, 0.05) is 6.42 Å². The number of nitrogens with zero attached hydrogens (tertiary/aromatic N) is 1. The van der Waals surface area contributed by atoms with Crippen molar-refractivity contribution in [1.82, 2.24) is 4.98 Å². The van der Waals surface area contributed by atoms with Gasteiger partial charge in [-0.2, -0.15) is 0 Å². The molecule has 0 radical (unpaired) electrons. The quantitative estimate of drug-likeness (QED) is 0.442. The Morgan fingerprint density at radius 1 is 1.17 bits per heavy atom. The zero-order chi connectivity index (χ0) is 25.7. The highest BCUT2D eigenvalue weighted by atomic mass is 16.3. The predicted octanol–water partition coefficient (Wildman–Crippen LogP) is 5.71. The fourth-order valence-electron chi connectivity index (χ4n) is 7.56. The molecule has 0 spiro atoms. The summed E-state index contributed by atoms with van der Waals surface area (Å²) in [7, 11) is 0. The first-order valence-electron chi connectivity index (χ1n) is 13.9. The van der Waals surface area contributed by atoms with Crippen molar-refractivity contribution in [2.75, 3.05) is 0 Å². The molecule has 4 aliphatic rings. The molecule has 0 amide bonds. The molecule has 0 saturated heterocycles. The first-order chi connectivity index (χ1) is 17.1. The summed E-state index contributed by atoms with van der Waals surface area (Å²) in [6.45, 7) is 10.8. The van der Waals surface area contributed by atoms with Gasteiger partial charge in [-0.1, -0.05) is 50.3 Å². The lowest BCUT2D eigenvalue weighted by atomic mass is 9.61. The van der Waals surface area contributed by atoms with Crippen LogP contribution in [0.1, 0.15) is 83.2 Å².